The van der Waals surface area contributed by atoms with Crippen LogP contribution >= 0.6 is 0 Å². The van der Waals surface area contributed by atoms with Crippen LogP contribution in [0.25, 0.3) is 0 Å². The lowest BCUT2D eigenvalue weighted by molar-refractivity contribution is 0.249. The van der Waals surface area contributed by atoms with E-state index < -0.39 is 8.56 Å². The molecule has 0 radical (unpaired) electrons. The van der Waals surface area contributed by atoms with Crippen molar-refractivity contribution in [2.45, 2.75) is 45.7 Å². The van der Waals surface area contributed by atoms with Gasteiger partial charge in [-0.15, -0.1) is 0 Å². The van der Waals surface area contributed by atoms with Gasteiger partial charge in [0.1, 0.15) is 0 Å². The Morgan fingerprint density at radius 1 is 1.27 bits per heavy atom. The molecule has 0 spiro atoms. The van der Waals surface area contributed by atoms with Crippen molar-refractivity contribution in [3.63, 3.8) is 0 Å². The van der Waals surface area contributed by atoms with Gasteiger partial charge in [-0.2, -0.15) is 0 Å². The quantitative estimate of drug-likeness (QED) is 0.365. The predicted octanol–water partition coefficient (Wildman–Crippen LogP) is 3.00. The number of hydrogen-bond donors (Lipinski definition) is 0. The van der Waals surface area contributed by atoms with Gasteiger partial charge in [0.05, 0.1) is 0 Å². The zero-order valence-corrected chi connectivity index (χ0v) is 11.8. The summed E-state index contributed by atoms with van der Waals surface area (Å²) in [6.45, 7) is 7.28. The first-order valence-electron chi connectivity index (χ1n) is 5.68. The highest BCUT2D eigenvalue weighted by molar-refractivity contribution is 6.65. The summed E-state index contributed by atoms with van der Waals surface area (Å²) in [5, 5.41) is 0. The molecule has 3 nitrogen and oxygen atoms in total. The summed E-state index contributed by atoms with van der Waals surface area (Å²) in [6, 6.07) is 1.02. The van der Waals surface area contributed by atoms with Gasteiger partial charge >= 0.3 is 8.56 Å². The Bertz CT molecular complexity index is 191. The minimum absolute atomic E-state index is 0.904. The van der Waals surface area contributed by atoms with Crippen LogP contribution in [0, 0.1) is 0 Å². The van der Waals surface area contributed by atoms with Crippen LogP contribution in [0.15, 0.2) is 4.99 Å². The van der Waals surface area contributed by atoms with Crippen LogP contribution < -0.4 is 0 Å². The molecule has 0 fully saturated rings. The summed E-state index contributed by atoms with van der Waals surface area (Å²) < 4.78 is 10.8. The van der Waals surface area contributed by atoms with E-state index in [1.807, 2.05) is 0 Å². The molecular weight excluding hydrogens is 206 g/mol. The predicted molar refractivity (Wildman–Crippen MR) is 67.9 cm³/mol. The fourth-order valence-corrected chi connectivity index (χ4v) is 2.77. The Hall–Kier alpha value is -0.193. The van der Waals surface area contributed by atoms with Gasteiger partial charge in [0, 0.05) is 26.5 Å². The van der Waals surface area contributed by atoms with E-state index in [0.29, 0.717) is 0 Å². The molecule has 0 aromatic rings. The van der Waals surface area contributed by atoms with Gasteiger partial charge in [-0.3, -0.25) is 4.99 Å². The first-order valence-corrected chi connectivity index (χ1v) is 8.20. The second-order valence-electron chi connectivity index (χ2n) is 4.01. The molecule has 90 valence electrons. The number of hydrogen-bond acceptors (Lipinski definition) is 3. The molecule has 4 heteroatoms. The van der Waals surface area contributed by atoms with E-state index in [4.69, 9.17) is 8.85 Å². The van der Waals surface area contributed by atoms with E-state index in [2.05, 4.69) is 25.4 Å². The minimum Gasteiger partial charge on any atom is -0.398 e. The summed E-state index contributed by atoms with van der Waals surface area (Å²) in [4.78, 5) is 4.51. The third-order valence-corrected chi connectivity index (χ3v) is 5.64. The van der Waals surface area contributed by atoms with Gasteiger partial charge in [0.25, 0.3) is 0 Å². The van der Waals surface area contributed by atoms with Gasteiger partial charge in [-0.25, -0.2) is 0 Å². The molecule has 0 aliphatic rings. The van der Waals surface area contributed by atoms with Crippen molar-refractivity contribution in [2.75, 3.05) is 20.8 Å². The van der Waals surface area contributed by atoms with Gasteiger partial charge in [-0.05, 0) is 32.4 Å². The van der Waals surface area contributed by atoms with Crippen LogP contribution in [-0.2, 0) is 8.85 Å². The van der Waals surface area contributed by atoms with Crippen LogP contribution in [0.4, 0.5) is 0 Å². The van der Waals surface area contributed by atoms with Crippen LogP contribution in [0.2, 0.25) is 12.6 Å². The highest BCUT2D eigenvalue weighted by atomic mass is 28.4. The zero-order chi connectivity index (χ0) is 11.7. The molecule has 0 heterocycles. The summed E-state index contributed by atoms with van der Waals surface area (Å²) in [5.74, 6) is 0. The lowest BCUT2D eigenvalue weighted by Gasteiger charge is -2.22. The fourth-order valence-electron chi connectivity index (χ4n) is 1.40. The molecule has 0 N–H and O–H groups in total. The third kappa shape index (κ3) is 6.81. The topological polar surface area (TPSA) is 30.8 Å². The average Bonchev–Trinajstić information content (AvgIpc) is 2.24. The van der Waals surface area contributed by atoms with Gasteiger partial charge in [0.15, 0.2) is 0 Å². The Morgan fingerprint density at radius 2 is 1.87 bits per heavy atom. The lowest BCUT2D eigenvalue weighted by atomic mass is 10.2. The zero-order valence-electron chi connectivity index (χ0n) is 10.8. The van der Waals surface area contributed by atoms with Gasteiger partial charge < -0.3 is 8.85 Å². The SMILES string of the molecule is CCCC(C)=NCCC[Si](C)(OC)OC. The van der Waals surface area contributed by atoms with Crippen molar-refractivity contribution in [1.82, 2.24) is 0 Å². The molecule has 0 aromatic heterocycles. The maximum absolute atomic E-state index is 5.41. The molecule has 0 amide bonds. The molecule has 0 rings (SSSR count). The summed E-state index contributed by atoms with van der Waals surface area (Å²) in [7, 11) is 1.62. The van der Waals surface area contributed by atoms with Crippen molar-refractivity contribution in [3.8, 4) is 0 Å². The Kier molecular flexibility index (Phi) is 7.91. The van der Waals surface area contributed by atoms with Crippen LogP contribution in [0.1, 0.15) is 33.1 Å². The van der Waals surface area contributed by atoms with E-state index in [1.165, 1.54) is 12.1 Å². The summed E-state index contributed by atoms with van der Waals surface area (Å²) in [6.07, 6.45) is 3.35. The van der Waals surface area contributed by atoms with Crippen LogP contribution in [-0.4, -0.2) is 35.0 Å². The molecule has 0 aliphatic carbocycles. The standard InChI is InChI=1S/C11H25NO2Si/c1-6-8-11(2)12-9-7-10-15(5,13-3)14-4/h6-10H2,1-5H3. The Morgan fingerprint density at radius 3 is 2.33 bits per heavy atom. The molecule has 0 bridgehead atoms. The van der Waals surface area contributed by atoms with Crippen molar-refractivity contribution in [3.05, 3.63) is 0 Å². The van der Waals surface area contributed by atoms with Crippen LogP contribution in [0.5, 0.6) is 0 Å². The van der Waals surface area contributed by atoms with Crippen LogP contribution in [0.3, 0.4) is 0 Å². The monoisotopic (exact) mass is 231 g/mol. The minimum atomic E-state index is -1.86. The van der Waals surface area contributed by atoms with E-state index in [-0.39, 0.29) is 0 Å². The maximum atomic E-state index is 5.41. The molecule has 0 unspecified atom stereocenters. The normalized spacial score (nSPS) is 13.3. The first-order chi connectivity index (χ1) is 7.08. The van der Waals surface area contributed by atoms with E-state index in [1.54, 1.807) is 14.2 Å². The largest absolute Gasteiger partial charge is 0.398 e. The van der Waals surface area contributed by atoms with Crippen molar-refractivity contribution in [2.24, 2.45) is 4.99 Å². The first kappa shape index (κ1) is 14.8. The Labute approximate surface area is 95.1 Å². The van der Waals surface area contributed by atoms with E-state index in [9.17, 15) is 0 Å². The maximum Gasteiger partial charge on any atom is 0.334 e. The van der Waals surface area contributed by atoms with E-state index >= 15 is 0 Å². The second-order valence-corrected chi connectivity index (χ2v) is 7.60. The number of aliphatic imine (C=N–C) groups is 1. The molecule has 15 heavy (non-hydrogen) atoms. The van der Waals surface area contributed by atoms with Crippen molar-refractivity contribution < 1.29 is 8.85 Å². The smallest absolute Gasteiger partial charge is 0.334 e. The molecule has 0 saturated carbocycles. The van der Waals surface area contributed by atoms with Crippen molar-refractivity contribution in [1.29, 1.82) is 0 Å². The molecule has 0 aromatic carbocycles. The van der Waals surface area contributed by atoms with Crippen molar-refractivity contribution >= 4 is 14.3 Å². The summed E-state index contributed by atoms with van der Waals surface area (Å²) in [5.41, 5.74) is 1.26. The molecule has 0 saturated heterocycles. The molecular formula is C11H25NO2Si. The number of rotatable bonds is 8. The second kappa shape index (κ2) is 8.02. The van der Waals surface area contributed by atoms with E-state index in [0.717, 1.165) is 25.4 Å². The highest BCUT2D eigenvalue weighted by Gasteiger charge is 2.27. The fraction of sp³-hybridized carbons (Fsp3) is 0.909. The highest BCUT2D eigenvalue weighted by Crippen LogP contribution is 2.13. The van der Waals surface area contributed by atoms with Gasteiger partial charge in [-0.1, -0.05) is 13.3 Å². The molecule has 0 atom stereocenters. The Balaban J connectivity index is 3.74. The lowest BCUT2D eigenvalue weighted by Crippen LogP contribution is -2.35. The third-order valence-electron chi connectivity index (χ3n) is 2.65. The summed E-state index contributed by atoms with van der Waals surface area (Å²) >= 11 is 0. The molecule has 0 aliphatic heterocycles. The average molecular weight is 231 g/mol. The van der Waals surface area contributed by atoms with Gasteiger partial charge in [0.2, 0.25) is 0 Å². The number of nitrogens with zero attached hydrogens (tertiary/aromatic N) is 1.